The highest BCUT2D eigenvalue weighted by atomic mass is 16.6. The van der Waals surface area contributed by atoms with Crippen LogP contribution in [0.2, 0.25) is 0 Å². The monoisotopic (exact) mass is 400 g/mol. The number of carbonyl (C=O) groups is 3. The molecule has 0 radical (unpaired) electrons. The number of nitrogens with one attached hydrogen (secondary N) is 2. The minimum Gasteiger partial charge on any atom is -0.493 e. The van der Waals surface area contributed by atoms with E-state index in [2.05, 4.69) is 15.4 Å². The standard InChI is InChI=1S/C21H24N2O6/c1-13(2)22-21(26)15-7-5-6-8-16(15)23-20(25)14-9-10-17(27-3)18(11-14)29-12-19(24)28-4/h5-11,13H,12H2,1-4H3,(H,22,26)(H,23,25). The number of esters is 1. The third-order valence-corrected chi connectivity index (χ3v) is 3.84. The first-order chi connectivity index (χ1) is 13.8. The van der Waals surface area contributed by atoms with Crippen molar-refractivity contribution in [2.24, 2.45) is 0 Å². The van der Waals surface area contributed by atoms with Gasteiger partial charge in [-0.3, -0.25) is 9.59 Å². The molecule has 2 N–H and O–H groups in total. The predicted octanol–water partition coefficient (Wildman–Crippen LogP) is 2.64. The number of para-hydroxylation sites is 1. The maximum absolute atomic E-state index is 12.7. The van der Waals surface area contributed by atoms with Gasteiger partial charge in [-0.15, -0.1) is 0 Å². The van der Waals surface area contributed by atoms with E-state index >= 15 is 0 Å². The number of methoxy groups -OCH3 is 2. The summed E-state index contributed by atoms with van der Waals surface area (Å²) in [6.45, 7) is 3.38. The first-order valence-corrected chi connectivity index (χ1v) is 8.94. The summed E-state index contributed by atoms with van der Waals surface area (Å²) in [7, 11) is 2.70. The van der Waals surface area contributed by atoms with Crippen molar-refractivity contribution in [2.75, 3.05) is 26.1 Å². The first-order valence-electron chi connectivity index (χ1n) is 8.94. The molecule has 0 spiro atoms. The van der Waals surface area contributed by atoms with E-state index in [0.29, 0.717) is 17.0 Å². The van der Waals surface area contributed by atoms with Crippen molar-refractivity contribution in [1.29, 1.82) is 0 Å². The van der Waals surface area contributed by atoms with Crippen molar-refractivity contribution in [3.05, 3.63) is 53.6 Å². The molecule has 2 aromatic rings. The highest BCUT2D eigenvalue weighted by Crippen LogP contribution is 2.28. The Balaban J connectivity index is 2.23. The quantitative estimate of drug-likeness (QED) is 0.661. The molecule has 0 heterocycles. The normalized spacial score (nSPS) is 10.2. The van der Waals surface area contributed by atoms with Crippen molar-refractivity contribution in [3.63, 3.8) is 0 Å². The van der Waals surface area contributed by atoms with Crippen molar-refractivity contribution in [1.82, 2.24) is 5.32 Å². The van der Waals surface area contributed by atoms with Gasteiger partial charge in [0.2, 0.25) is 0 Å². The number of carbonyl (C=O) groups excluding carboxylic acids is 3. The molecule has 8 nitrogen and oxygen atoms in total. The summed E-state index contributed by atoms with van der Waals surface area (Å²) >= 11 is 0. The van der Waals surface area contributed by atoms with Gasteiger partial charge in [-0.2, -0.15) is 0 Å². The molecule has 0 aliphatic carbocycles. The van der Waals surface area contributed by atoms with E-state index in [4.69, 9.17) is 9.47 Å². The Hall–Kier alpha value is -3.55. The molecule has 0 saturated heterocycles. The summed E-state index contributed by atoms with van der Waals surface area (Å²) in [5.41, 5.74) is 0.999. The molecule has 154 valence electrons. The van der Waals surface area contributed by atoms with Crippen LogP contribution in [-0.2, 0) is 9.53 Å². The van der Waals surface area contributed by atoms with E-state index in [1.807, 2.05) is 13.8 Å². The van der Waals surface area contributed by atoms with Crippen LogP contribution in [0.15, 0.2) is 42.5 Å². The third-order valence-electron chi connectivity index (χ3n) is 3.84. The smallest absolute Gasteiger partial charge is 0.343 e. The van der Waals surface area contributed by atoms with Gasteiger partial charge in [0.15, 0.2) is 18.1 Å². The predicted molar refractivity (Wildman–Crippen MR) is 108 cm³/mol. The topological polar surface area (TPSA) is 103 Å². The second kappa shape index (κ2) is 10.1. The lowest BCUT2D eigenvalue weighted by Gasteiger charge is -2.14. The molecule has 0 fully saturated rings. The summed E-state index contributed by atoms with van der Waals surface area (Å²) in [5.74, 6) is -0.710. The van der Waals surface area contributed by atoms with Crippen LogP contribution in [0.5, 0.6) is 11.5 Å². The van der Waals surface area contributed by atoms with Gasteiger partial charge in [0.25, 0.3) is 11.8 Å². The zero-order chi connectivity index (χ0) is 21.4. The Bertz CT molecular complexity index is 894. The molecule has 0 unspecified atom stereocenters. The maximum atomic E-state index is 12.7. The highest BCUT2D eigenvalue weighted by molar-refractivity contribution is 6.09. The van der Waals surface area contributed by atoms with Crippen LogP contribution < -0.4 is 20.1 Å². The minimum atomic E-state index is -0.563. The molecule has 2 amide bonds. The molecule has 0 aromatic heterocycles. The molecule has 2 rings (SSSR count). The van der Waals surface area contributed by atoms with E-state index < -0.39 is 11.9 Å². The Morgan fingerprint density at radius 3 is 2.34 bits per heavy atom. The molecule has 29 heavy (non-hydrogen) atoms. The maximum Gasteiger partial charge on any atom is 0.343 e. The lowest BCUT2D eigenvalue weighted by molar-refractivity contribution is -0.142. The third kappa shape index (κ3) is 5.97. The van der Waals surface area contributed by atoms with Crippen molar-refractivity contribution in [3.8, 4) is 11.5 Å². The summed E-state index contributed by atoms with van der Waals surface area (Å²) < 4.78 is 15.1. The zero-order valence-corrected chi connectivity index (χ0v) is 16.8. The van der Waals surface area contributed by atoms with E-state index in [1.165, 1.54) is 20.3 Å². The van der Waals surface area contributed by atoms with Crippen LogP contribution in [0.3, 0.4) is 0 Å². The van der Waals surface area contributed by atoms with Gasteiger partial charge in [0.1, 0.15) is 0 Å². The summed E-state index contributed by atoms with van der Waals surface area (Å²) in [6, 6.07) is 11.2. The zero-order valence-electron chi connectivity index (χ0n) is 16.8. The van der Waals surface area contributed by atoms with Crippen LogP contribution in [0, 0.1) is 0 Å². The minimum absolute atomic E-state index is 0.0395. The van der Waals surface area contributed by atoms with Crippen LogP contribution in [0.1, 0.15) is 34.6 Å². The Labute approximate surface area is 169 Å². The number of amides is 2. The number of anilines is 1. The van der Waals surface area contributed by atoms with E-state index in [-0.39, 0.29) is 29.9 Å². The number of rotatable bonds is 8. The number of benzene rings is 2. The van der Waals surface area contributed by atoms with E-state index in [1.54, 1.807) is 36.4 Å². The van der Waals surface area contributed by atoms with Gasteiger partial charge in [0, 0.05) is 11.6 Å². The fraction of sp³-hybridized carbons (Fsp3) is 0.286. The fourth-order valence-electron chi connectivity index (χ4n) is 2.45. The number of ether oxygens (including phenoxy) is 3. The molecule has 0 atom stereocenters. The second-order valence-electron chi connectivity index (χ2n) is 6.36. The molecule has 2 aromatic carbocycles. The van der Waals surface area contributed by atoms with Crippen molar-refractivity contribution in [2.45, 2.75) is 19.9 Å². The highest BCUT2D eigenvalue weighted by Gasteiger charge is 2.17. The van der Waals surface area contributed by atoms with Crippen LogP contribution >= 0.6 is 0 Å². The van der Waals surface area contributed by atoms with Crippen LogP contribution in [0.4, 0.5) is 5.69 Å². The number of hydrogen-bond acceptors (Lipinski definition) is 6. The fourth-order valence-corrected chi connectivity index (χ4v) is 2.45. The van der Waals surface area contributed by atoms with Crippen LogP contribution in [-0.4, -0.2) is 44.7 Å². The van der Waals surface area contributed by atoms with Gasteiger partial charge < -0.3 is 24.8 Å². The Kier molecular flexibility index (Phi) is 7.59. The largest absolute Gasteiger partial charge is 0.493 e. The van der Waals surface area contributed by atoms with Gasteiger partial charge in [-0.05, 0) is 44.2 Å². The summed E-state index contributed by atoms with van der Waals surface area (Å²) in [4.78, 5) is 36.4. The lowest BCUT2D eigenvalue weighted by Crippen LogP contribution is -2.31. The van der Waals surface area contributed by atoms with Crippen molar-refractivity contribution >= 4 is 23.5 Å². The van der Waals surface area contributed by atoms with Gasteiger partial charge in [0.05, 0.1) is 25.5 Å². The molecule has 0 aliphatic heterocycles. The number of hydrogen-bond donors (Lipinski definition) is 2. The van der Waals surface area contributed by atoms with Gasteiger partial charge >= 0.3 is 5.97 Å². The average Bonchev–Trinajstić information content (AvgIpc) is 2.71. The molecule has 0 aliphatic rings. The molecule has 8 heteroatoms. The molecule has 0 bridgehead atoms. The Morgan fingerprint density at radius 2 is 1.69 bits per heavy atom. The van der Waals surface area contributed by atoms with Crippen molar-refractivity contribution < 1.29 is 28.6 Å². The molecular formula is C21H24N2O6. The summed E-state index contributed by atoms with van der Waals surface area (Å²) in [6.07, 6.45) is 0. The SMILES string of the molecule is COC(=O)COc1cc(C(=O)Nc2ccccc2C(=O)NC(C)C)ccc1OC. The van der Waals surface area contributed by atoms with Gasteiger partial charge in [-0.25, -0.2) is 4.79 Å². The molecular weight excluding hydrogens is 376 g/mol. The van der Waals surface area contributed by atoms with Crippen LogP contribution in [0.25, 0.3) is 0 Å². The van der Waals surface area contributed by atoms with E-state index in [0.717, 1.165) is 0 Å². The second-order valence-corrected chi connectivity index (χ2v) is 6.36. The first kappa shape index (κ1) is 21.7. The van der Waals surface area contributed by atoms with E-state index in [9.17, 15) is 14.4 Å². The average molecular weight is 400 g/mol. The lowest BCUT2D eigenvalue weighted by atomic mass is 10.1. The Morgan fingerprint density at radius 1 is 0.966 bits per heavy atom. The molecule has 0 saturated carbocycles. The summed E-state index contributed by atoms with van der Waals surface area (Å²) in [5, 5.41) is 5.53. The van der Waals surface area contributed by atoms with Gasteiger partial charge in [-0.1, -0.05) is 12.1 Å².